The van der Waals surface area contributed by atoms with Crippen LogP contribution in [0.15, 0.2) is 76.2 Å². The lowest BCUT2D eigenvalue weighted by molar-refractivity contribution is 0.0906. The molecule has 1 aromatic heterocycles. The zero-order chi connectivity index (χ0) is 20.6. The highest BCUT2D eigenvalue weighted by atomic mass is 16.5. The lowest BCUT2D eigenvalue weighted by Gasteiger charge is -2.21. The van der Waals surface area contributed by atoms with Crippen LogP contribution in [-0.2, 0) is 17.9 Å². The van der Waals surface area contributed by atoms with E-state index in [4.69, 9.17) is 9.26 Å². The maximum absolute atomic E-state index is 5.93. The van der Waals surface area contributed by atoms with E-state index < -0.39 is 0 Å². The zero-order valence-electron chi connectivity index (χ0n) is 17.3. The number of aromatic nitrogens is 1. The SMILES string of the molecule is CN=C(NCc1cc(-c2ccccc2)on1)N1CCC(COCc2ccccc2)C1. The third-order valence-electron chi connectivity index (χ3n) is 5.31. The molecule has 1 aliphatic rings. The van der Waals surface area contributed by atoms with E-state index in [1.54, 1.807) is 0 Å². The van der Waals surface area contributed by atoms with Crippen LogP contribution in [0.5, 0.6) is 0 Å². The number of rotatable bonds is 7. The fourth-order valence-corrected chi connectivity index (χ4v) is 3.71. The van der Waals surface area contributed by atoms with Crippen LogP contribution < -0.4 is 5.32 Å². The van der Waals surface area contributed by atoms with E-state index in [9.17, 15) is 0 Å². The summed E-state index contributed by atoms with van der Waals surface area (Å²) in [6.45, 7) is 3.94. The third-order valence-corrected chi connectivity index (χ3v) is 5.31. The Morgan fingerprint density at radius 2 is 1.93 bits per heavy atom. The molecule has 0 amide bonds. The molecular weight excluding hydrogens is 376 g/mol. The van der Waals surface area contributed by atoms with Gasteiger partial charge in [-0.05, 0) is 12.0 Å². The molecule has 4 rings (SSSR count). The van der Waals surface area contributed by atoms with E-state index in [0.717, 1.165) is 49.1 Å². The van der Waals surface area contributed by atoms with Gasteiger partial charge in [0.2, 0.25) is 0 Å². The smallest absolute Gasteiger partial charge is 0.193 e. The minimum Gasteiger partial charge on any atom is -0.376 e. The topological polar surface area (TPSA) is 62.9 Å². The van der Waals surface area contributed by atoms with Crippen LogP contribution in [0.25, 0.3) is 11.3 Å². The number of benzene rings is 2. The number of likely N-dealkylation sites (tertiary alicyclic amines) is 1. The first kappa shape index (κ1) is 20.2. The molecule has 1 aliphatic heterocycles. The summed E-state index contributed by atoms with van der Waals surface area (Å²) in [5.41, 5.74) is 3.10. The van der Waals surface area contributed by atoms with Gasteiger partial charge >= 0.3 is 0 Å². The van der Waals surface area contributed by atoms with E-state index in [-0.39, 0.29) is 0 Å². The summed E-state index contributed by atoms with van der Waals surface area (Å²) >= 11 is 0. The Hall–Kier alpha value is -3.12. The molecule has 3 aromatic rings. The van der Waals surface area contributed by atoms with Crippen LogP contribution in [0, 0.1) is 5.92 Å². The van der Waals surface area contributed by atoms with Crippen molar-refractivity contribution in [2.45, 2.75) is 19.6 Å². The van der Waals surface area contributed by atoms with Crippen LogP contribution in [0.3, 0.4) is 0 Å². The number of nitrogens with zero attached hydrogens (tertiary/aromatic N) is 3. The molecule has 0 radical (unpaired) electrons. The molecule has 30 heavy (non-hydrogen) atoms. The molecule has 1 fully saturated rings. The Kier molecular flexibility index (Phi) is 6.77. The summed E-state index contributed by atoms with van der Waals surface area (Å²) < 4.78 is 11.4. The molecule has 1 N–H and O–H groups in total. The first-order chi connectivity index (χ1) is 14.8. The Balaban J connectivity index is 1.23. The van der Waals surface area contributed by atoms with Crippen LogP contribution in [0.4, 0.5) is 0 Å². The van der Waals surface area contributed by atoms with Gasteiger partial charge in [0.25, 0.3) is 0 Å². The average Bonchev–Trinajstić information content (AvgIpc) is 3.46. The highest BCUT2D eigenvalue weighted by Crippen LogP contribution is 2.20. The van der Waals surface area contributed by atoms with E-state index in [2.05, 4.69) is 32.5 Å². The number of nitrogens with one attached hydrogen (secondary N) is 1. The van der Waals surface area contributed by atoms with Gasteiger partial charge in [-0.1, -0.05) is 65.8 Å². The van der Waals surface area contributed by atoms with Gasteiger partial charge in [0, 0.05) is 37.7 Å². The lowest BCUT2D eigenvalue weighted by Crippen LogP contribution is -2.39. The fourth-order valence-electron chi connectivity index (χ4n) is 3.71. The van der Waals surface area contributed by atoms with E-state index in [1.807, 2.05) is 61.6 Å². The van der Waals surface area contributed by atoms with Crippen molar-refractivity contribution in [1.29, 1.82) is 0 Å². The summed E-state index contributed by atoms with van der Waals surface area (Å²) in [7, 11) is 1.82. The summed E-state index contributed by atoms with van der Waals surface area (Å²) in [6, 6.07) is 22.3. The van der Waals surface area contributed by atoms with Crippen molar-refractivity contribution >= 4 is 5.96 Å². The molecule has 0 bridgehead atoms. The maximum atomic E-state index is 5.93. The number of guanidine groups is 1. The predicted octanol–water partition coefficient (Wildman–Crippen LogP) is 3.96. The minimum absolute atomic E-state index is 0.518. The molecular formula is C24H28N4O2. The van der Waals surface area contributed by atoms with Crippen molar-refractivity contribution in [3.05, 3.63) is 78.0 Å². The van der Waals surface area contributed by atoms with Gasteiger partial charge in [-0.2, -0.15) is 0 Å². The van der Waals surface area contributed by atoms with Crippen molar-refractivity contribution in [2.75, 3.05) is 26.7 Å². The molecule has 0 saturated carbocycles. The zero-order valence-corrected chi connectivity index (χ0v) is 17.3. The van der Waals surface area contributed by atoms with Crippen LogP contribution in [-0.4, -0.2) is 42.8 Å². The van der Waals surface area contributed by atoms with Crippen molar-refractivity contribution < 1.29 is 9.26 Å². The van der Waals surface area contributed by atoms with Gasteiger partial charge in [0.1, 0.15) is 5.69 Å². The highest BCUT2D eigenvalue weighted by molar-refractivity contribution is 5.80. The van der Waals surface area contributed by atoms with Crippen LogP contribution in [0.1, 0.15) is 17.7 Å². The molecule has 1 saturated heterocycles. The lowest BCUT2D eigenvalue weighted by atomic mass is 10.1. The third kappa shape index (κ3) is 5.27. The summed E-state index contributed by atoms with van der Waals surface area (Å²) in [5, 5.41) is 7.59. The second-order valence-corrected chi connectivity index (χ2v) is 7.55. The molecule has 1 atom stereocenters. The summed E-state index contributed by atoms with van der Waals surface area (Å²) in [6.07, 6.45) is 1.11. The van der Waals surface area contributed by atoms with E-state index >= 15 is 0 Å². The second kappa shape index (κ2) is 10.1. The number of hydrogen-bond donors (Lipinski definition) is 1. The quantitative estimate of drug-likeness (QED) is 0.477. The summed E-state index contributed by atoms with van der Waals surface area (Å²) in [5.74, 6) is 2.19. The van der Waals surface area contributed by atoms with Crippen molar-refractivity contribution in [3.63, 3.8) is 0 Å². The minimum atomic E-state index is 0.518. The number of aliphatic imine (C=N–C) groups is 1. The average molecular weight is 405 g/mol. The van der Waals surface area contributed by atoms with Crippen LogP contribution in [0.2, 0.25) is 0 Å². The Bertz CT molecular complexity index is 940. The van der Waals surface area contributed by atoms with E-state index in [1.165, 1.54) is 5.56 Å². The van der Waals surface area contributed by atoms with Crippen molar-refractivity contribution in [2.24, 2.45) is 10.9 Å². The van der Waals surface area contributed by atoms with E-state index in [0.29, 0.717) is 19.1 Å². The second-order valence-electron chi connectivity index (χ2n) is 7.55. The molecule has 156 valence electrons. The standard InChI is InChI=1S/C24H28N4O2/c1-25-24(26-15-22-14-23(30-27-22)21-10-6-3-7-11-21)28-13-12-20(16-28)18-29-17-19-8-4-2-5-9-19/h2-11,14,20H,12-13,15-18H2,1H3,(H,25,26). The first-order valence-corrected chi connectivity index (χ1v) is 10.4. The highest BCUT2D eigenvalue weighted by Gasteiger charge is 2.25. The van der Waals surface area contributed by atoms with Gasteiger partial charge in [0.05, 0.1) is 19.8 Å². The Morgan fingerprint density at radius 1 is 1.17 bits per heavy atom. The van der Waals surface area contributed by atoms with Gasteiger partial charge in [-0.15, -0.1) is 0 Å². The van der Waals surface area contributed by atoms with Gasteiger partial charge in [0.15, 0.2) is 11.7 Å². The number of ether oxygens (including phenoxy) is 1. The Morgan fingerprint density at radius 3 is 2.70 bits per heavy atom. The molecule has 0 aliphatic carbocycles. The molecule has 6 heteroatoms. The van der Waals surface area contributed by atoms with Crippen molar-refractivity contribution in [1.82, 2.24) is 15.4 Å². The molecule has 0 spiro atoms. The number of hydrogen-bond acceptors (Lipinski definition) is 4. The van der Waals surface area contributed by atoms with Gasteiger partial charge in [-0.25, -0.2) is 0 Å². The normalized spacial score (nSPS) is 16.8. The van der Waals surface area contributed by atoms with Gasteiger partial charge in [-0.3, -0.25) is 4.99 Å². The fraction of sp³-hybridized carbons (Fsp3) is 0.333. The molecule has 6 nitrogen and oxygen atoms in total. The maximum Gasteiger partial charge on any atom is 0.193 e. The monoisotopic (exact) mass is 404 g/mol. The first-order valence-electron chi connectivity index (χ1n) is 10.4. The molecule has 2 aromatic carbocycles. The van der Waals surface area contributed by atoms with Crippen LogP contribution >= 0.6 is 0 Å². The predicted molar refractivity (Wildman–Crippen MR) is 118 cm³/mol. The molecule has 2 heterocycles. The Labute approximate surface area is 177 Å². The van der Waals surface area contributed by atoms with Gasteiger partial charge < -0.3 is 19.5 Å². The molecule has 1 unspecified atom stereocenters. The van der Waals surface area contributed by atoms with Crippen molar-refractivity contribution in [3.8, 4) is 11.3 Å². The largest absolute Gasteiger partial charge is 0.376 e. The summed E-state index contributed by atoms with van der Waals surface area (Å²) in [4.78, 5) is 6.73.